The van der Waals surface area contributed by atoms with Crippen molar-refractivity contribution in [3.63, 3.8) is 0 Å². The largest absolute Gasteiger partial charge is 0.330 e. The first-order valence-electron chi connectivity index (χ1n) is 6.54. The lowest BCUT2D eigenvalue weighted by molar-refractivity contribution is 0.490. The maximum absolute atomic E-state index is 13.2. The van der Waals surface area contributed by atoms with E-state index in [0.29, 0.717) is 6.54 Å². The van der Waals surface area contributed by atoms with Gasteiger partial charge in [-0.15, -0.1) is 0 Å². The minimum absolute atomic E-state index is 0.204. The van der Waals surface area contributed by atoms with Crippen molar-refractivity contribution in [2.24, 2.45) is 11.7 Å². The molecule has 5 heteroatoms. The van der Waals surface area contributed by atoms with Gasteiger partial charge in [0, 0.05) is 13.0 Å². The Balaban J connectivity index is 2.04. The molecular weight excluding hydrogens is 243 g/mol. The molecule has 2 aromatic rings. The summed E-state index contributed by atoms with van der Waals surface area (Å²) in [7, 11) is 0. The molecule has 2 rings (SSSR count). The van der Waals surface area contributed by atoms with Crippen molar-refractivity contribution in [1.82, 2.24) is 14.8 Å². The second-order valence-corrected chi connectivity index (χ2v) is 4.63. The van der Waals surface area contributed by atoms with Gasteiger partial charge in [-0.2, -0.15) is 5.10 Å². The van der Waals surface area contributed by atoms with Crippen LogP contribution in [-0.2, 0) is 19.4 Å². The number of hydrogen-bond donors (Lipinski definition) is 1. The Morgan fingerprint density at radius 1 is 1.37 bits per heavy atom. The molecule has 0 amide bonds. The lowest BCUT2D eigenvalue weighted by Gasteiger charge is -2.14. The number of hydrogen-bond acceptors (Lipinski definition) is 3. The summed E-state index contributed by atoms with van der Waals surface area (Å²) in [6, 6.07) is 6.67. The first-order valence-corrected chi connectivity index (χ1v) is 6.54. The van der Waals surface area contributed by atoms with Crippen molar-refractivity contribution in [1.29, 1.82) is 0 Å². The maximum atomic E-state index is 13.2. The van der Waals surface area contributed by atoms with Gasteiger partial charge in [0.05, 0.1) is 0 Å². The van der Waals surface area contributed by atoms with Crippen LogP contribution in [0.25, 0.3) is 0 Å². The van der Waals surface area contributed by atoms with Gasteiger partial charge in [-0.25, -0.2) is 9.37 Å². The van der Waals surface area contributed by atoms with E-state index in [4.69, 9.17) is 5.73 Å². The normalized spacial score (nSPS) is 12.6. The molecule has 1 atom stereocenters. The van der Waals surface area contributed by atoms with Gasteiger partial charge in [0.15, 0.2) is 0 Å². The van der Waals surface area contributed by atoms with E-state index in [-0.39, 0.29) is 11.7 Å². The molecule has 0 fully saturated rings. The fourth-order valence-corrected chi connectivity index (χ4v) is 2.20. The molecule has 0 bridgehead atoms. The Labute approximate surface area is 112 Å². The SMILES string of the molecule is CCn1ncnc1CC(CN)Cc1cccc(F)c1. The van der Waals surface area contributed by atoms with Crippen LogP contribution in [0.15, 0.2) is 30.6 Å². The van der Waals surface area contributed by atoms with Gasteiger partial charge in [0.25, 0.3) is 0 Å². The molecule has 1 aromatic heterocycles. The third-order valence-electron chi connectivity index (χ3n) is 3.21. The van der Waals surface area contributed by atoms with Crippen LogP contribution in [0.5, 0.6) is 0 Å². The molecule has 4 nitrogen and oxygen atoms in total. The predicted octanol–water partition coefficient (Wildman–Crippen LogP) is 1.80. The topological polar surface area (TPSA) is 56.7 Å². The molecule has 0 aliphatic rings. The molecule has 102 valence electrons. The lowest BCUT2D eigenvalue weighted by atomic mass is 9.96. The first-order chi connectivity index (χ1) is 9.22. The molecule has 0 radical (unpaired) electrons. The highest BCUT2D eigenvalue weighted by Gasteiger charge is 2.13. The summed E-state index contributed by atoms with van der Waals surface area (Å²) < 4.78 is 15.0. The van der Waals surface area contributed by atoms with Gasteiger partial charge in [-0.05, 0) is 43.5 Å². The van der Waals surface area contributed by atoms with Gasteiger partial charge in [-0.3, -0.25) is 4.68 Å². The summed E-state index contributed by atoms with van der Waals surface area (Å²) in [5, 5.41) is 4.15. The molecule has 0 saturated heterocycles. The summed E-state index contributed by atoms with van der Waals surface area (Å²) in [6.45, 7) is 3.38. The Hall–Kier alpha value is -1.75. The molecule has 1 aromatic carbocycles. The summed E-state index contributed by atoms with van der Waals surface area (Å²) in [5.41, 5.74) is 6.79. The summed E-state index contributed by atoms with van der Waals surface area (Å²) in [5.74, 6) is 0.982. The van der Waals surface area contributed by atoms with Crippen LogP contribution in [-0.4, -0.2) is 21.3 Å². The smallest absolute Gasteiger partial charge is 0.138 e. The van der Waals surface area contributed by atoms with E-state index in [1.165, 1.54) is 6.07 Å². The Bertz CT molecular complexity index is 524. The molecule has 0 aliphatic carbocycles. The predicted molar refractivity (Wildman–Crippen MR) is 72.0 cm³/mol. The van der Waals surface area contributed by atoms with Gasteiger partial charge in [-0.1, -0.05) is 12.1 Å². The molecular formula is C14H19FN4. The number of aryl methyl sites for hydroxylation is 1. The van der Waals surface area contributed by atoms with Crippen molar-refractivity contribution < 1.29 is 4.39 Å². The zero-order valence-electron chi connectivity index (χ0n) is 11.1. The fraction of sp³-hybridized carbons (Fsp3) is 0.429. The van der Waals surface area contributed by atoms with Crippen molar-refractivity contribution in [3.05, 3.63) is 47.8 Å². The quantitative estimate of drug-likeness (QED) is 0.863. The van der Waals surface area contributed by atoms with E-state index in [1.807, 2.05) is 17.7 Å². The highest BCUT2D eigenvalue weighted by atomic mass is 19.1. The van der Waals surface area contributed by atoms with Gasteiger partial charge >= 0.3 is 0 Å². The number of aromatic nitrogens is 3. The standard InChI is InChI=1S/C14H19FN4/c1-2-19-14(17-10-18-19)8-12(9-16)6-11-4-3-5-13(15)7-11/h3-5,7,10,12H,2,6,8-9,16H2,1H3. The molecule has 1 heterocycles. The fourth-order valence-electron chi connectivity index (χ4n) is 2.20. The van der Waals surface area contributed by atoms with Crippen LogP contribution in [0.1, 0.15) is 18.3 Å². The number of halogens is 1. The van der Waals surface area contributed by atoms with E-state index >= 15 is 0 Å². The van der Waals surface area contributed by atoms with E-state index in [2.05, 4.69) is 10.1 Å². The molecule has 0 saturated carbocycles. The second-order valence-electron chi connectivity index (χ2n) is 4.63. The Kier molecular flexibility index (Phi) is 4.63. The Morgan fingerprint density at radius 3 is 2.89 bits per heavy atom. The third-order valence-corrected chi connectivity index (χ3v) is 3.21. The minimum Gasteiger partial charge on any atom is -0.330 e. The van der Waals surface area contributed by atoms with E-state index in [9.17, 15) is 4.39 Å². The number of nitrogens with zero attached hydrogens (tertiary/aromatic N) is 3. The van der Waals surface area contributed by atoms with Crippen molar-refractivity contribution in [2.75, 3.05) is 6.54 Å². The second kappa shape index (κ2) is 6.43. The molecule has 2 N–H and O–H groups in total. The molecule has 0 aliphatic heterocycles. The van der Waals surface area contributed by atoms with Crippen molar-refractivity contribution in [2.45, 2.75) is 26.3 Å². The van der Waals surface area contributed by atoms with E-state index < -0.39 is 0 Å². The highest BCUT2D eigenvalue weighted by Crippen LogP contribution is 2.13. The van der Waals surface area contributed by atoms with Crippen LogP contribution < -0.4 is 5.73 Å². The number of benzene rings is 1. The molecule has 0 spiro atoms. The van der Waals surface area contributed by atoms with Crippen LogP contribution in [0.4, 0.5) is 4.39 Å². The average Bonchev–Trinajstić information content (AvgIpc) is 2.85. The highest BCUT2D eigenvalue weighted by molar-refractivity contribution is 5.17. The van der Waals surface area contributed by atoms with Gasteiger partial charge < -0.3 is 5.73 Å². The van der Waals surface area contributed by atoms with Gasteiger partial charge in [0.1, 0.15) is 18.0 Å². The summed E-state index contributed by atoms with van der Waals surface area (Å²) in [6.07, 6.45) is 3.08. The average molecular weight is 262 g/mol. The number of nitrogens with two attached hydrogens (primary N) is 1. The van der Waals surface area contributed by atoms with Crippen molar-refractivity contribution in [3.8, 4) is 0 Å². The van der Waals surface area contributed by atoms with E-state index in [0.717, 1.165) is 30.8 Å². The summed E-state index contributed by atoms with van der Waals surface area (Å²) >= 11 is 0. The van der Waals surface area contributed by atoms with Crippen LogP contribution in [0.3, 0.4) is 0 Å². The number of rotatable bonds is 6. The maximum Gasteiger partial charge on any atom is 0.138 e. The monoisotopic (exact) mass is 262 g/mol. The molecule has 19 heavy (non-hydrogen) atoms. The summed E-state index contributed by atoms with van der Waals surface area (Å²) in [4.78, 5) is 4.26. The van der Waals surface area contributed by atoms with E-state index in [1.54, 1.807) is 18.5 Å². The zero-order chi connectivity index (χ0) is 13.7. The van der Waals surface area contributed by atoms with Crippen molar-refractivity contribution >= 4 is 0 Å². The third kappa shape index (κ3) is 3.61. The first kappa shape index (κ1) is 13.7. The van der Waals surface area contributed by atoms with Crippen LogP contribution in [0.2, 0.25) is 0 Å². The van der Waals surface area contributed by atoms with Crippen LogP contribution in [0, 0.1) is 11.7 Å². The Morgan fingerprint density at radius 2 is 2.21 bits per heavy atom. The zero-order valence-corrected chi connectivity index (χ0v) is 11.1. The minimum atomic E-state index is -0.204. The van der Waals surface area contributed by atoms with Gasteiger partial charge in [0.2, 0.25) is 0 Å². The lowest BCUT2D eigenvalue weighted by Crippen LogP contribution is -2.21. The van der Waals surface area contributed by atoms with Crippen LogP contribution >= 0.6 is 0 Å². The molecule has 1 unspecified atom stereocenters.